The van der Waals surface area contributed by atoms with Gasteiger partial charge in [-0.2, -0.15) is 0 Å². The SMILES string of the molecule is O=C(O)CCCCCNC(=O)c1[nH]c2ccccc2c1Br. The van der Waals surface area contributed by atoms with Crippen molar-refractivity contribution in [3.8, 4) is 0 Å². The number of aromatic amines is 1. The number of aliphatic carboxylic acids is 1. The first kappa shape index (κ1) is 15.6. The van der Waals surface area contributed by atoms with Crippen molar-refractivity contribution < 1.29 is 14.7 Å². The molecule has 2 rings (SSSR count). The van der Waals surface area contributed by atoms with Crippen molar-refractivity contribution in [2.75, 3.05) is 6.54 Å². The highest BCUT2D eigenvalue weighted by molar-refractivity contribution is 9.10. The molecule has 0 radical (unpaired) electrons. The molecule has 21 heavy (non-hydrogen) atoms. The Kier molecular flexibility index (Phi) is 5.38. The zero-order chi connectivity index (χ0) is 15.2. The van der Waals surface area contributed by atoms with E-state index < -0.39 is 5.97 Å². The maximum absolute atomic E-state index is 12.1. The van der Waals surface area contributed by atoms with Crippen molar-refractivity contribution in [1.29, 1.82) is 0 Å². The van der Waals surface area contributed by atoms with Crippen LogP contribution in [0.3, 0.4) is 0 Å². The minimum Gasteiger partial charge on any atom is -0.481 e. The molecule has 0 unspecified atom stereocenters. The van der Waals surface area contributed by atoms with Gasteiger partial charge < -0.3 is 15.4 Å². The Hall–Kier alpha value is -1.82. The topological polar surface area (TPSA) is 82.2 Å². The predicted octanol–water partition coefficient (Wildman–Crippen LogP) is 3.31. The summed E-state index contributed by atoms with van der Waals surface area (Å²) in [5, 5.41) is 12.3. The number of hydrogen-bond acceptors (Lipinski definition) is 2. The number of carboxylic acids is 1. The molecule has 0 spiro atoms. The van der Waals surface area contributed by atoms with Gasteiger partial charge in [0.1, 0.15) is 5.69 Å². The van der Waals surface area contributed by atoms with E-state index >= 15 is 0 Å². The first-order chi connectivity index (χ1) is 10.1. The van der Waals surface area contributed by atoms with Gasteiger partial charge in [-0.05, 0) is 34.8 Å². The van der Waals surface area contributed by atoms with Gasteiger partial charge in [-0.25, -0.2) is 0 Å². The number of unbranched alkanes of at least 4 members (excludes halogenated alkanes) is 2. The summed E-state index contributed by atoms with van der Waals surface area (Å²) in [5.41, 5.74) is 1.43. The number of amides is 1. The van der Waals surface area contributed by atoms with E-state index in [9.17, 15) is 9.59 Å². The fraction of sp³-hybridized carbons (Fsp3) is 0.333. The third kappa shape index (κ3) is 4.07. The van der Waals surface area contributed by atoms with E-state index in [2.05, 4.69) is 26.2 Å². The minimum atomic E-state index is -0.777. The molecule has 0 saturated heterocycles. The van der Waals surface area contributed by atoms with Crippen LogP contribution in [0.15, 0.2) is 28.7 Å². The van der Waals surface area contributed by atoms with Crippen molar-refractivity contribution in [3.63, 3.8) is 0 Å². The van der Waals surface area contributed by atoms with Gasteiger partial charge in [0.15, 0.2) is 0 Å². The van der Waals surface area contributed by atoms with Gasteiger partial charge in [0.05, 0.1) is 4.47 Å². The molecule has 1 amide bonds. The van der Waals surface area contributed by atoms with E-state index in [0.29, 0.717) is 18.7 Å². The number of carbonyl (C=O) groups excluding carboxylic acids is 1. The van der Waals surface area contributed by atoms with E-state index in [4.69, 9.17) is 5.11 Å². The standard InChI is InChI=1S/C15H17BrN2O3/c16-13-10-6-3-4-7-11(10)18-14(13)15(21)17-9-5-1-2-8-12(19)20/h3-4,6-7,18H,1-2,5,8-9H2,(H,17,21)(H,19,20). The number of nitrogens with one attached hydrogen (secondary N) is 2. The van der Waals surface area contributed by atoms with Crippen LogP contribution in [0, 0.1) is 0 Å². The van der Waals surface area contributed by atoms with Crippen molar-refractivity contribution in [2.24, 2.45) is 0 Å². The fourth-order valence-corrected chi connectivity index (χ4v) is 2.76. The zero-order valence-corrected chi connectivity index (χ0v) is 13.1. The molecule has 1 aromatic heterocycles. The van der Waals surface area contributed by atoms with Gasteiger partial charge in [-0.15, -0.1) is 0 Å². The van der Waals surface area contributed by atoms with Gasteiger partial charge in [0.2, 0.25) is 0 Å². The molecular formula is C15H17BrN2O3. The van der Waals surface area contributed by atoms with E-state index in [1.165, 1.54) is 0 Å². The van der Waals surface area contributed by atoms with Crippen LogP contribution in [-0.4, -0.2) is 28.5 Å². The molecule has 1 aromatic carbocycles. The number of rotatable bonds is 7. The molecule has 5 nitrogen and oxygen atoms in total. The van der Waals surface area contributed by atoms with Crippen molar-refractivity contribution in [1.82, 2.24) is 10.3 Å². The Morgan fingerprint density at radius 3 is 2.67 bits per heavy atom. The van der Waals surface area contributed by atoms with E-state index in [-0.39, 0.29) is 12.3 Å². The summed E-state index contributed by atoms with van der Waals surface area (Å²) >= 11 is 3.44. The summed E-state index contributed by atoms with van der Waals surface area (Å²) in [6, 6.07) is 7.70. The Balaban J connectivity index is 1.85. The summed E-state index contributed by atoms with van der Waals surface area (Å²) in [7, 11) is 0. The molecule has 0 fully saturated rings. The van der Waals surface area contributed by atoms with Crippen LogP contribution in [0.5, 0.6) is 0 Å². The van der Waals surface area contributed by atoms with E-state index in [1.54, 1.807) is 0 Å². The Labute approximate surface area is 130 Å². The first-order valence-electron chi connectivity index (χ1n) is 6.86. The van der Waals surface area contributed by atoms with Crippen LogP contribution in [0.2, 0.25) is 0 Å². The summed E-state index contributed by atoms with van der Waals surface area (Å²) < 4.78 is 0.765. The second-order valence-electron chi connectivity index (χ2n) is 4.82. The maximum atomic E-state index is 12.1. The van der Waals surface area contributed by atoms with Gasteiger partial charge in [0, 0.05) is 23.9 Å². The molecule has 0 bridgehead atoms. The Morgan fingerprint density at radius 1 is 1.19 bits per heavy atom. The Morgan fingerprint density at radius 2 is 1.95 bits per heavy atom. The molecule has 0 aliphatic carbocycles. The van der Waals surface area contributed by atoms with Crippen LogP contribution in [-0.2, 0) is 4.79 Å². The molecule has 2 aromatic rings. The quantitative estimate of drug-likeness (QED) is 0.668. The number of H-pyrrole nitrogens is 1. The largest absolute Gasteiger partial charge is 0.481 e. The van der Waals surface area contributed by atoms with Crippen LogP contribution in [0.1, 0.15) is 36.2 Å². The lowest BCUT2D eigenvalue weighted by atomic mass is 10.2. The summed E-state index contributed by atoms with van der Waals surface area (Å²) in [5.74, 6) is -0.933. The lowest BCUT2D eigenvalue weighted by Gasteiger charge is -2.04. The van der Waals surface area contributed by atoms with Crippen molar-refractivity contribution >= 4 is 38.7 Å². The second kappa shape index (κ2) is 7.26. The number of carboxylic acid groups (broad SMARTS) is 1. The van der Waals surface area contributed by atoms with Gasteiger partial charge >= 0.3 is 5.97 Å². The highest BCUT2D eigenvalue weighted by atomic mass is 79.9. The average molecular weight is 353 g/mol. The molecular weight excluding hydrogens is 336 g/mol. The maximum Gasteiger partial charge on any atom is 0.303 e. The number of para-hydroxylation sites is 1. The van der Waals surface area contributed by atoms with Crippen LogP contribution in [0.25, 0.3) is 10.9 Å². The number of aromatic nitrogens is 1. The van der Waals surface area contributed by atoms with Crippen LogP contribution >= 0.6 is 15.9 Å². The molecule has 0 aliphatic heterocycles. The zero-order valence-electron chi connectivity index (χ0n) is 11.5. The van der Waals surface area contributed by atoms with Gasteiger partial charge in [-0.1, -0.05) is 24.6 Å². The highest BCUT2D eigenvalue weighted by Gasteiger charge is 2.14. The van der Waals surface area contributed by atoms with Crippen molar-refractivity contribution in [3.05, 3.63) is 34.4 Å². The van der Waals surface area contributed by atoms with E-state index in [0.717, 1.165) is 28.2 Å². The number of benzene rings is 1. The molecule has 0 aliphatic rings. The third-order valence-electron chi connectivity index (χ3n) is 3.22. The van der Waals surface area contributed by atoms with Gasteiger partial charge in [-0.3, -0.25) is 9.59 Å². The molecule has 3 N–H and O–H groups in total. The van der Waals surface area contributed by atoms with Crippen LogP contribution in [0.4, 0.5) is 0 Å². The normalized spacial score (nSPS) is 10.7. The monoisotopic (exact) mass is 352 g/mol. The van der Waals surface area contributed by atoms with Crippen molar-refractivity contribution in [2.45, 2.75) is 25.7 Å². The third-order valence-corrected chi connectivity index (χ3v) is 4.05. The Bertz CT molecular complexity index is 651. The number of halogens is 1. The summed E-state index contributed by atoms with van der Waals surface area (Å²) in [4.78, 5) is 25.6. The van der Waals surface area contributed by atoms with Gasteiger partial charge in [0.25, 0.3) is 5.91 Å². The predicted molar refractivity (Wildman–Crippen MR) is 84.4 cm³/mol. The minimum absolute atomic E-state index is 0.156. The fourth-order valence-electron chi connectivity index (χ4n) is 2.13. The molecule has 6 heteroatoms. The number of fused-ring (bicyclic) bond motifs is 1. The number of carbonyl (C=O) groups is 2. The summed E-state index contributed by atoms with van der Waals surface area (Å²) in [6.45, 7) is 0.542. The lowest BCUT2D eigenvalue weighted by molar-refractivity contribution is -0.137. The highest BCUT2D eigenvalue weighted by Crippen LogP contribution is 2.27. The first-order valence-corrected chi connectivity index (χ1v) is 7.65. The second-order valence-corrected chi connectivity index (χ2v) is 5.61. The molecule has 0 atom stereocenters. The molecule has 1 heterocycles. The molecule has 112 valence electrons. The smallest absolute Gasteiger partial charge is 0.303 e. The average Bonchev–Trinajstić information content (AvgIpc) is 2.80. The lowest BCUT2D eigenvalue weighted by Crippen LogP contribution is -2.25. The van der Waals surface area contributed by atoms with Crippen LogP contribution < -0.4 is 5.32 Å². The number of hydrogen-bond donors (Lipinski definition) is 3. The molecule has 0 saturated carbocycles. The summed E-state index contributed by atoms with van der Waals surface area (Å²) in [6.07, 6.45) is 2.39. The van der Waals surface area contributed by atoms with E-state index in [1.807, 2.05) is 24.3 Å².